The van der Waals surface area contributed by atoms with Crippen molar-refractivity contribution in [3.8, 4) is 11.5 Å². The molecule has 0 bridgehead atoms. The maximum Gasteiger partial charge on any atom is 0.261 e. The van der Waals surface area contributed by atoms with Gasteiger partial charge in [-0.3, -0.25) is 4.79 Å². The number of rotatable bonds is 3. The predicted molar refractivity (Wildman–Crippen MR) is 80.7 cm³/mol. The summed E-state index contributed by atoms with van der Waals surface area (Å²) in [6, 6.07) is 11.2. The Hall–Kier alpha value is -1.53. The summed E-state index contributed by atoms with van der Waals surface area (Å²) in [6.45, 7) is 0.855. The minimum atomic E-state index is -0.169. The number of hydrogen-bond acceptors (Lipinski definition) is 4. The van der Waals surface area contributed by atoms with Gasteiger partial charge in [0.1, 0.15) is 12.7 Å². The van der Waals surface area contributed by atoms with Crippen LogP contribution < -0.4 is 14.8 Å². The maximum absolute atomic E-state index is 11.9. The third-order valence-corrected chi connectivity index (χ3v) is 4.48. The van der Waals surface area contributed by atoms with Crippen LogP contribution in [0.4, 0.5) is 0 Å². The normalized spacial score (nSPS) is 16.8. The summed E-state index contributed by atoms with van der Waals surface area (Å²) in [6.07, 6.45) is -0.169. The van der Waals surface area contributed by atoms with Gasteiger partial charge in [-0.15, -0.1) is 11.3 Å². The Morgan fingerprint density at radius 3 is 2.85 bits per heavy atom. The van der Waals surface area contributed by atoms with Crippen LogP contribution in [-0.4, -0.2) is 25.2 Å². The first kappa shape index (κ1) is 13.5. The fraction of sp³-hybridized carbons (Fsp3) is 0.214. The molecule has 1 atom stereocenters. The summed E-state index contributed by atoms with van der Waals surface area (Å²) in [5.41, 5.74) is 0. The SMILES string of the molecule is O=C(NC[C@@H]1COc2ccccc2O1)c1ccc(Br)s1. The first-order valence-corrected chi connectivity index (χ1v) is 7.75. The number of hydrogen-bond donors (Lipinski definition) is 1. The molecular weight excluding hydrogens is 342 g/mol. The lowest BCUT2D eigenvalue weighted by atomic mass is 10.2. The van der Waals surface area contributed by atoms with Crippen molar-refractivity contribution < 1.29 is 14.3 Å². The van der Waals surface area contributed by atoms with E-state index in [1.54, 1.807) is 6.07 Å². The number of nitrogens with one attached hydrogen (secondary N) is 1. The van der Waals surface area contributed by atoms with Gasteiger partial charge in [-0.25, -0.2) is 0 Å². The number of fused-ring (bicyclic) bond motifs is 1. The first-order chi connectivity index (χ1) is 9.72. The Morgan fingerprint density at radius 1 is 1.30 bits per heavy atom. The molecule has 0 fully saturated rings. The van der Waals surface area contributed by atoms with Crippen LogP contribution in [-0.2, 0) is 0 Å². The molecular formula is C14H12BrNO3S. The molecule has 104 valence electrons. The third-order valence-electron chi connectivity index (χ3n) is 2.85. The molecule has 0 radical (unpaired) electrons. The molecule has 2 aromatic rings. The van der Waals surface area contributed by atoms with Crippen molar-refractivity contribution in [3.05, 3.63) is 45.1 Å². The van der Waals surface area contributed by atoms with Crippen LogP contribution in [0.25, 0.3) is 0 Å². The van der Waals surface area contributed by atoms with Gasteiger partial charge in [0.15, 0.2) is 11.5 Å². The molecule has 0 aliphatic carbocycles. The van der Waals surface area contributed by atoms with Crippen LogP contribution in [0.3, 0.4) is 0 Å². The number of para-hydroxylation sites is 2. The highest BCUT2D eigenvalue weighted by molar-refractivity contribution is 9.11. The lowest BCUT2D eigenvalue weighted by Crippen LogP contribution is -2.40. The lowest BCUT2D eigenvalue weighted by molar-refractivity contribution is 0.0791. The molecule has 1 aliphatic rings. The molecule has 0 saturated heterocycles. The van der Waals surface area contributed by atoms with E-state index in [4.69, 9.17) is 9.47 Å². The van der Waals surface area contributed by atoms with Gasteiger partial charge < -0.3 is 14.8 Å². The van der Waals surface area contributed by atoms with Crippen molar-refractivity contribution in [3.63, 3.8) is 0 Å². The highest BCUT2D eigenvalue weighted by Crippen LogP contribution is 2.30. The van der Waals surface area contributed by atoms with Gasteiger partial charge in [0.25, 0.3) is 5.91 Å². The molecule has 0 spiro atoms. The van der Waals surface area contributed by atoms with Gasteiger partial charge in [-0.05, 0) is 40.2 Å². The Bertz CT molecular complexity index is 628. The van der Waals surface area contributed by atoms with E-state index < -0.39 is 0 Å². The molecule has 4 nitrogen and oxygen atoms in total. The average Bonchev–Trinajstić information content (AvgIpc) is 2.91. The Balaban J connectivity index is 1.56. The molecule has 2 heterocycles. The summed E-state index contributed by atoms with van der Waals surface area (Å²) in [7, 11) is 0. The summed E-state index contributed by atoms with van der Waals surface area (Å²) in [4.78, 5) is 12.6. The molecule has 1 aromatic heterocycles. The van der Waals surface area contributed by atoms with Gasteiger partial charge >= 0.3 is 0 Å². The van der Waals surface area contributed by atoms with Crippen molar-refractivity contribution in [2.75, 3.05) is 13.2 Å². The van der Waals surface area contributed by atoms with E-state index in [2.05, 4.69) is 21.2 Å². The minimum Gasteiger partial charge on any atom is -0.486 e. The maximum atomic E-state index is 11.9. The summed E-state index contributed by atoms with van der Waals surface area (Å²) >= 11 is 4.74. The zero-order valence-corrected chi connectivity index (χ0v) is 12.9. The van der Waals surface area contributed by atoms with Crippen LogP contribution in [0.5, 0.6) is 11.5 Å². The zero-order chi connectivity index (χ0) is 13.9. The van der Waals surface area contributed by atoms with Crippen LogP contribution in [0.15, 0.2) is 40.2 Å². The molecule has 1 aliphatic heterocycles. The Morgan fingerprint density at radius 2 is 2.10 bits per heavy atom. The van der Waals surface area contributed by atoms with Crippen molar-refractivity contribution in [1.82, 2.24) is 5.32 Å². The van der Waals surface area contributed by atoms with Gasteiger partial charge in [-0.1, -0.05) is 12.1 Å². The van der Waals surface area contributed by atoms with Crippen molar-refractivity contribution in [2.24, 2.45) is 0 Å². The smallest absolute Gasteiger partial charge is 0.261 e. The minimum absolute atomic E-state index is 0.0943. The van der Waals surface area contributed by atoms with E-state index >= 15 is 0 Å². The quantitative estimate of drug-likeness (QED) is 0.922. The summed E-state index contributed by atoms with van der Waals surface area (Å²) < 4.78 is 12.3. The highest BCUT2D eigenvalue weighted by Gasteiger charge is 2.21. The molecule has 3 rings (SSSR count). The Labute approximate surface area is 128 Å². The highest BCUT2D eigenvalue weighted by atomic mass is 79.9. The van der Waals surface area contributed by atoms with Crippen LogP contribution >= 0.6 is 27.3 Å². The summed E-state index contributed by atoms with van der Waals surface area (Å²) in [5.74, 6) is 1.37. The fourth-order valence-corrected chi connectivity index (χ4v) is 3.20. The van der Waals surface area contributed by atoms with E-state index in [0.717, 1.165) is 15.3 Å². The predicted octanol–water partition coefficient (Wildman–Crippen LogP) is 3.08. The number of thiophene rings is 1. The van der Waals surface area contributed by atoms with E-state index in [0.29, 0.717) is 18.0 Å². The van der Waals surface area contributed by atoms with E-state index in [9.17, 15) is 4.79 Å². The van der Waals surface area contributed by atoms with Gasteiger partial charge in [-0.2, -0.15) is 0 Å². The molecule has 6 heteroatoms. The standard InChI is InChI=1S/C14H12BrNO3S/c15-13-6-5-12(20-13)14(17)16-7-9-8-18-10-3-1-2-4-11(10)19-9/h1-6,9H,7-8H2,(H,16,17)/t9-/m1/s1. The largest absolute Gasteiger partial charge is 0.486 e. The van der Waals surface area contributed by atoms with Crippen LogP contribution in [0, 0.1) is 0 Å². The van der Waals surface area contributed by atoms with Gasteiger partial charge in [0, 0.05) is 0 Å². The molecule has 0 saturated carbocycles. The van der Waals surface area contributed by atoms with E-state index in [-0.39, 0.29) is 12.0 Å². The van der Waals surface area contributed by atoms with Crippen LogP contribution in [0.1, 0.15) is 9.67 Å². The molecule has 1 amide bonds. The monoisotopic (exact) mass is 353 g/mol. The first-order valence-electron chi connectivity index (χ1n) is 6.14. The molecule has 20 heavy (non-hydrogen) atoms. The number of amides is 1. The van der Waals surface area contributed by atoms with Crippen LogP contribution in [0.2, 0.25) is 0 Å². The molecule has 1 N–H and O–H groups in total. The second-order valence-corrected chi connectivity index (χ2v) is 6.77. The second kappa shape index (κ2) is 5.85. The molecule has 0 unspecified atom stereocenters. The summed E-state index contributed by atoms with van der Waals surface area (Å²) in [5, 5.41) is 2.86. The number of ether oxygens (including phenoxy) is 2. The number of carbonyl (C=O) groups excluding carboxylic acids is 1. The topological polar surface area (TPSA) is 47.6 Å². The number of halogens is 1. The second-order valence-electron chi connectivity index (χ2n) is 4.31. The lowest BCUT2D eigenvalue weighted by Gasteiger charge is -2.26. The Kier molecular flexibility index (Phi) is 3.93. The number of benzene rings is 1. The third kappa shape index (κ3) is 2.96. The van der Waals surface area contributed by atoms with Gasteiger partial charge in [0.2, 0.25) is 0 Å². The van der Waals surface area contributed by atoms with E-state index in [1.807, 2.05) is 30.3 Å². The fourth-order valence-electron chi connectivity index (χ4n) is 1.89. The van der Waals surface area contributed by atoms with Crippen molar-refractivity contribution in [1.29, 1.82) is 0 Å². The van der Waals surface area contributed by atoms with Gasteiger partial charge in [0.05, 0.1) is 15.2 Å². The molecule has 1 aromatic carbocycles. The van der Waals surface area contributed by atoms with Crippen molar-refractivity contribution in [2.45, 2.75) is 6.10 Å². The number of carbonyl (C=O) groups is 1. The zero-order valence-electron chi connectivity index (χ0n) is 10.5. The van der Waals surface area contributed by atoms with Crippen molar-refractivity contribution >= 4 is 33.2 Å². The van der Waals surface area contributed by atoms with E-state index in [1.165, 1.54) is 11.3 Å². The average molecular weight is 354 g/mol.